The normalized spacial score (nSPS) is 31.8. The van der Waals surface area contributed by atoms with Crippen LogP contribution in [0.15, 0.2) is 0 Å². The van der Waals surface area contributed by atoms with Crippen molar-refractivity contribution < 1.29 is 19.7 Å². The van der Waals surface area contributed by atoms with E-state index in [2.05, 4.69) is 4.90 Å². The smallest absolute Gasteiger partial charge is 0.338 e. The number of carbonyl (C=O) groups is 1. The number of esters is 1. The first kappa shape index (κ1) is 14.8. The fourth-order valence-electron chi connectivity index (χ4n) is 3.10. The minimum Gasteiger partial charge on any atom is -0.463 e. The van der Waals surface area contributed by atoms with E-state index in [1.807, 2.05) is 0 Å². The van der Waals surface area contributed by atoms with Crippen LogP contribution in [-0.2, 0) is 9.53 Å². The molecule has 2 rings (SSSR count). The number of hydrogen-bond donors (Lipinski definition) is 2. The van der Waals surface area contributed by atoms with Gasteiger partial charge < -0.3 is 14.9 Å². The summed E-state index contributed by atoms with van der Waals surface area (Å²) >= 11 is 0. The topological polar surface area (TPSA) is 70.0 Å². The number of aliphatic hydroxyl groups is 2. The molecule has 0 aromatic heterocycles. The van der Waals surface area contributed by atoms with Crippen molar-refractivity contribution in [2.24, 2.45) is 5.92 Å². The maximum Gasteiger partial charge on any atom is 0.338 e. The Kier molecular flexibility index (Phi) is 4.48. The van der Waals surface area contributed by atoms with E-state index >= 15 is 0 Å². The molecule has 0 bridgehead atoms. The molecule has 5 heteroatoms. The second-order valence-electron chi connectivity index (χ2n) is 6.04. The molecule has 2 aliphatic heterocycles. The van der Waals surface area contributed by atoms with Crippen molar-refractivity contribution in [3.8, 4) is 0 Å². The zero-order chi connectivity index (χ0) is 14.0. The lowest BCUT2D eigenvalue weighted by Crippen LogP contribution is -2.45. The zero-order valence-corrected chi connectivity index (χ0v) is 11.8. The summed E-state index contributed by atoms with van der Waals surface area (Å²) in [5.74, 6) is -0.325. The molecule has 2 fully saturated rings. The fourth-order valence-corrected chi connectivity index (χ4v) is 3.10. The number of hydrogen-bond acceptors (Lipinski definition) is 5. The van der Waals surface area contributed by atoms with E-state index in [1.165, 1.54) is 19.8 Å². The molecular weight excluding hydrogens is 246 g/mol. The number of nitrogens with zero attached hydrogens (tertiary/aromatic N) is 1. The highest BCUT2D eigenvalue weighted by atomic mass is 16.5. The van der Waals surface area contributed by atoms with E-state index < -0.39 is 17.7 Å². The van der Waals surface area contributed by atoms with Crippen LogP contribution in [0.1, 0.15) is 39.5 Å². The minimum absolute atomic E-state index is 0.309. The first-order valence-electron chi connectivity index (χ1n) is 7.27. The molecule has 2 aliphatic rings. The molecule has 0 aliphatic carbocycles. The molecule has 4 atom stereocenters. The van der Waals surface area contributed by atoms with Gasteiger partial charge in [-0.3, -0.25) is 4.90 Å². The third-order valence-corrected chi connectivity index (χ3v) is 4.71. The highest BCUT2D eigenvalue weighted by Crippen LogP contribution is 2.32. The highest BCUT2D eigenvalue weighted by Gasteiger charge is 2.39. The third kappa shape index (κ3) is 3.09. The molecule has 19 heavy (non-hydrogen) atoms. The van der Waals surface area contributed by atoms with Gasteiger partial charge in [0.25, 0.3) is 0 Å². The monoisotopic (exact) mass is 271 g/mol. The van der Waals surface area contributed by atoms with Crippen molar-refractivity contribution in [1.29, 1.82) is 0 Å². The molecule has 2 N–H and O–H groups in total. The molecule has 0 unspecified atom stereocenters. The Morgan fingerprint density at radius 3 is 2.89 bits per heavy atom. The molecule has 0 spiro atoms. The molecule has 0 saturated carbocycles. The summed E-state index contributed by atoms with van der Waals surface area (Å²) in [4.78, 5) is 14.2. The van der Waals surface area contributed by atoms with Crippen molar-refractivity contribution in [3.05, 3.63) is 0 Å². The average molecular weight is 271 g/mol. The summed E-state index contributed by atoms with van der Waals surface area (Å²) in [5.41, 5.74) is -1.41. The average Bonchev–Trinajstić information content (AvgIpc) is 2.98. The molecule has 0 amide bonds. The Labute approximate surface area is 114 Å². The molecule has 5 nitrogen and oxygen atoms in total. The Hall–Kier alpha value is -0.650. The maximum atomic E-state index is 11.8. The Morgan fingerprint density at radius 2 is 2.21 bits per heavy atom. The van der Waals surface area contributed by atoms with Crippen LogP contribution in [0.25, 0.3) is 0 Å². The number of ether oxygens (including phenoxy) is 1. The number of fused-ring (bicyclic) bond motifs is 1. The van der Waals surface area contributed by atoms with Crippen LogP contribution >= 0.6 is 0 Å². The molecular formula is C14H25NO4. The van der Waals surface area contributed by atoms with Crippen molar-refractivity contribution >= 4 is 5.97 Å². The van der Waals surface area contributed by atoms with Crippen LogP contribution in [0.4, 0.5) is 0 Å². The Morgan fingerprint density at radius 1 is 1.47 bits per heavy atom. The molecule has 0 aromatic carbocycles. The summed E-state index contributed by atoms with van der Waals surface area (Å²) in [6.07, 6.45) is 2.31. The lowest BCUT2D eigenvalue weighted by atomic mass is 9.96. The summed E-state index contributed by atoms with van der Waals surface area (Å²) < 4.78 is 5.21. The fraction of sp³-hybridized carbons (Fsp3) is 0.929. The second-order valence-corrected chi connectivity index (χ2v) is 6.04. The van der Waals surface area contributed by atoms with Gasteiger partial charge in [0.2, 0.25) is 0 Å². The first-order chi connectivity index (χ1) is 8.95. The lowest BCUT2D eigenvalue weighted by molar-refractivity contribution is -0.169. The summed E-state index contributed by atoms with van der Waals surface area (Å²) in [5, 5.41) is 19.6. The van der Waals surface area contributed by atoms with Crippen LogP contribution < -0.4 is 0 Å². The Bertz CT molecular complexity index is 331. The lowest BCUT2D eigenvalue weighted by Gasteiger charge is -2.27. The van der Waals surface area contributed by atoms with Gasteiger partial charge in [0, 0.05) is 12.0 Å². The predicted octanol–water partition coefficient (Wildman–Crippen LogP) is 0.536. The minimum atomic E-state index is -1.46. The Balaban J connectivity index is 1.81. The largest absolute Gasteiger partial charge is 0.463 e. The molecule has 110 valence electrons. The van der Waals surface area contributed by atoms with Crippen molar-refractivity contribution in [1.82, 2.24) is 4.90 Å². The molecule has 2 saturated heterocycles. The maximum absolute atomic E-state index is 11.8. The molecule has 0 aromatic rings. The van der Waals surface area contributed by atoms with Gasteiger partial charge in [0.1, 0.15) is 0 Å². The highest BCUT2D eigenvalue weighted by molar-refractivity contribution is 5.75. The van der Waals surface area contributed by atoms with Crippen molar-refractivity contribution in [3.63, 3.8) is 0 Å². The van der Waals surface area contributed by atoms with Crippen LogP contribution in [-0.4, -0.2) is 58.5 Å². The second kappa shape index (κ2) is 5.77. The molecule has 2 heterocycles. The van der Waals surface area contributed by atoms with Gasteiger partial charge in [-0.2, -0.15) is 0 Å². The predicted molar refractivity (Wildman–Crippen MR) is 70.6 cm³/mol. The van der Waals surface area contributed by atoms with Gasteiger partial charge in [-0.25, -0.2) is 4.79 Å². The van der Waals surface area contributed by atoms with E-state index in [-0.39, 0.29) is 0 Å². The van der Waals surface area contributed by atoms with Crippen LogP contribution in [0, 0.1) is 5.92 Å². The summed E-state index contributed by atoms with van der Waals surface area (Å²) in [7, 11) is 0. The van der Waals surface area contributed by atoms with E-state index in [0.29, 0.717) is 25.0 Å². The van der Waals surface area contributed by atoms with Gasteiger partial charge in [-0.15, -0.1) is 0 Å². The zero-order valence-electron chi connectivity index (χ0n) is 11.8. The quantitative estimate of drug-likeness (QED) is 0.714. The number of rotatable bonds is 5. The van der Waals surface area contributed by atoms with Gasteiger partial charge in [-0.05, 0) is 45.7 Å². The van der Waals surface area contributed by atoms with Crippen molar-refractivity contribution in [2.45, 2.75) is 57.3 Å². The first-order valence-corrected chi connectivity index (χ1v) is 7.27. The van der Waals surface area contributed by atoms with Crippen LogP contribution in [0.5, 0.6) is 0 Å². The summed E-state index contributed by atoms with van der Waals surface area (Å²) in [6, 6.07) is 0.539. The van der Waals surface area contributed by atoms with E-state index in [0.717, 1.165) is 19.5 Å². The standard InChI is InChI=1S/C14H25NO4/c1-3-14(2,18)12(16)13(17)19-9-10-6-8-15-7-4-5-11(10)15/h10-12,16,18H,3-9H2,1-2H3/t10-,11-,12+,14-/m1/s1. The SMILES string of the molecule is CC[C@@](C)(O)[C@@H](O)C(=O)OC[C@H]1CCN2CCC[C@H]12. The van der Waals surface area contributed by atoms with Gasteiger partial charge >= 0.3 is 5.97 Å². The van der Waals surface area contributed by atoms with Gasteiger partial charge in [0.05, 0.1) is 12.2 Å². The number of carbonyl (C=O) groups excluding carboxylic acids is 1. The molecule has 0 radical (unpaired) electrons. The summed E-state index contributed by atoms with van der Waals surface area (Å²) in [6.45, 7) is 5.78. The van der Waals surface area contributed by atoms with Gasteiger partial charge in [-0.1, -0.05) is 6.92 Å². The van der Waals surface area contributed by atoms with Crippen LogP contribution in [0.3, 0.4) is 0 Å². The van der Waals surface area contributed by atoms with E-state index in [4.69, 9.17) is 4.74 Å². The van der Waals surface area contributed by atoms with Gasteiger partial charge in [0.15, 0.2) is 6.10 Å². The van der Waals surface area contributed by atoms with E-state index in [9.17, 15) is 15.0 Å². The van der Waals surface area contributed by atoms with Crippen LogP contribution in [0.2, 0.25) is 0 Å². The van der Waals surface area contributed by atoms with E-state index in [1.54, 1.807) is 6.92 Å². The number of aliphatic hydroxyl groups excluding tert-OH is 1. The van der Waals surface area contributed by atoms with Crippen molar-refractivity contribution in [2.75, 3.05) is 19.7 Å². The third-order valence-electron chi connectivity index (χ3n) is 4.71.